The second-order valence-corrected chi connectivity index (χ2v) is 13.6. The van der Waals surface area contributed by atoms with E-state index in [1.54, 1.807) is 6.08 Å². The lowest BCUT2D eigenvalue weighted by Gasteiger charge is -2.21. The first-order chi connectivity index (χ1) is 20.8. The van der Waals surface area contributed by atoms with Gasteiger partial charge in [-0.25, -0.2) is 0 Å². The summed E-state index contributed by atoms with van der Waals surface area (Å²) in [6, 6.07) is -1.07. The maximum absolute atomic E-state index is 12.4. The Morgan fingerprint density at radius 2 is 1.00 bits per heavy atom. The van der Waals surface area contributed by atoms with Crippen molar-refractivity contribution in [3.05, 3.63) is 36.5 Å². The highest BCUT2D eigenvalue weighted by Crippen LogP contribution is 2.12. The monoisotopic (exact) mass is 625 g/mol. The van der Waals surface area contributed by atoms with Crippen LogP contribution in [0.4, 0.5) is 0 Å². The van der Waals surface area contributed by atoms with Gasteiger partial charge < -0.3 is 10.4 Å². The van der Waals surface area contributed by atoms with Crippen molar-refractivity contribution in [2.24, 2.45) is 0 Å². The van der Waals surface area contributed by atoms with Crippen molar-refractivity contribution in [2.75, 3.05) is 5.75 Å². The number of unbranched alkanes of at least 4 members (excludes halogenated alkanes) is 19. The fourth-order valence-electron chi connectivity index (χ4n) is 5.11. The third-order valence-electron chi connectivity index (χ3n) is 7.79. The second-order valence-electron chi connectivity index (χ2n) is 12.1. The van der Waals surface area contributed by atoms with Gasteiger partial charge in [0.15, 0.2) is 0 Å². The summed E-state index contributed by atoms with van der Waals surface area (Å²) in [6.45, 7) is 4.48. The zero-order valence-electron chi connectivity index (χ0n) is 27.8. The molecule has 2 unspecified atom stereocenters. The van der Waals surface area contributed by atoms with Crippen LogP contribution in [-0.2, 0) is 14.9 Å². The summed E-state index contributed by atoms with van der Waals surface area (Å²) < 4.78 is 32.3. The van der Waals surface area contributed by atoms with Gasteiger partial charge >= 0.3 is 0 Å². The Morgan fingerprint density at radius 3 is 1.47 bits per heavy atom. The van der Waals surface area contributed by atoms with Gasteiger partial charge in [-0.3, -0.25) is 9.35 Å². The molecule has 1 amide bonds. The molecule has 0 aromatic rings. The van der Waals surface area contributed by atoms with Gasteiger partial charge in [0.2, 0.25) is 5.91 Å². The number of carbonyl (C=O) groups is 1. The average molecular weight is 626 g/mol. The number of hydrogen-bond acceptors (Lipinski definition) is 4. The van der Waals surface area contributed by atoms with Crippen LogP contribution in [0.2, 0.25) is 0 Å². The molecule has 252 valence electrons. The second kappa shape index (κ2) is 30.6. The summed E-state index contributed by atoms with van der Waals surface area (Å²) in [5.41, 5.74) is 0. The predicted molar refractivity (Wildman–Crippen MR) is 184 cm³/mol. The highest BCUT2D eigenvalue weighted by atomic mass is 32.2. The molecular formula is C36H67NO5S. The minimum atomic E-state index is -4.35. The first-order valence-corrected chi connectivity index (χ1v) is 19.3. The molecule has 3 N–H and O–H groups in total. The van der Waals surface area contributed by atoms with Crippen molar-refractivity contribution >= 4 is 16.0 Å². The third-order valence-corrected chi connectivity index (χ3v) is 8.57. The SMILES string of the molecule is CCCCCCCC/C=C/CC/C=C/C(O)C(CS(=O)(=O)O)NC(=O)CCCCCCC/C=C\CCCCCCCCC. The number of carbonyl (C=O) groups excluding carboxylic acids is 1. The molecule has 0 saturated carbocycles. The van der Waals surface area contributed by atoms with Gasteiger partial charge in [0.25, 0.3) is 10.1 Å². The molecule has 0 aliphatic carbocycles. The molecule has 0 rings (SSSR count). The van der Waals surface area contributed by atoms with Crippen molar-refractivity contribution in [3.63, 3.8) is 0 Å². The molecule has 0 aliphatic rings. The summed E-state index contributed by atoms with van der Waals surface area (Å²) in [5.74, 6) is -1.01. The van der Waals surface area contributed by atoms with E-state index in [9.17, 15) is 22.9 Å². The quantitative estimate of drug-likeness (QED) is 0.0404. The molecular weight excluding hydrogens is 558 g/mol. The van der Waals surface area contributed by atoms with Crippen molar-refractivity contribution < 1.29 is 22.9 Å². The number of amides is 1. The van der Waals surface area contributed by atoms with E-state index in [2.05, 4.69) is 43.5 Å². The lowest BCUT2D eigenvalue weighted by Crippen LogP contribution is -2.46. The van der Waals surface area contributed by atoms with Gasteiger partial charge in [-0.05, 0) is 57.8 Å². The Labute approximate surface area is 266 Å². The molecule has 2 atom stereocenters. The minimum absolute atomic E-state index is 0.278. The lowest BCUT2D eigenvalue weighted by atomic mass is 10.1. The maximum Gasteiger partial charge on any atom is 0.267 e. The zero-order valence-corrected chi connectivity index (χ0v) is 28.6. The Bertz CT molecular complexity index is 821. The molecule has 0 radical (unpaired) electrons. The van der Waals surface area contributed by atoms with E-state index in [1.165, 1.54) is 96.0 Å². The summed E-state index contributed by atoms with van der Waals surface area (Å²) in [4.78, 5) is 12.4. The Morgan fingerprint density at radius 1 is 0.605 bits per heavy atom. The smallest absolute Gasteiger partial charge is 0.267 e. The van der Waals surface area contributed by atoms with Crippen molar-refractivity contribution in [3.8, 4) is 0 Å². The number of allylic oxidation sites excluding steroid dienone is 5. The molecule has 0 fully saturated rings. The molecule has 7 heteroatoms. The van der Waals surface area contributed by atoms with Crippen molar-refractivity contribution in [1.29, 1.82) is 0 Å². The minimum Gasteiger partial charge on any atom is -0.387 e. The summed E-state index contributed by atoms with van der Waals surface area (Å²) >= 11 is 0. The van der Waals surface area contributed by atoms with Crippen LogP contribution in [0.25, 0.3) is 0 Å². The van der Waals surface area contributed by atoms with Gasteiger partial charge in [0.05, 0.1) is 17.9 Å². The Kier molecular flexibility index (Phi) is 29.6. The predicted octanol–water partition coefficient (Wildman–Crippen LogP) is 9.79. The van der Waals surface area contributed by atoms with E-state index in [-0.39, 0.29) is 12.3 Å². The van der Waals surface area contributed by atoms with E-state index < -0.39 is 28.0 Å². The van der Waals surface area contributed by atoms with Gasteiger partial charge in [-0.1, -0.05) is 140 Å². The number of nitrogens with one attached hydrogen (secondary N) is 1. The standard InChI is InChI=1S/C36H67NO5S/c1-3-5-7-9-11-13-15-17-18-19-20-22-24-26-28-30-32-36(39)37-34(33-43(40,41)42)35(38)31-29-27-25-23-21-16-14-12-10-8-6-4-2/h18-19,21,23,29,31,34-35,38H,3-17,20,22,24-28,30,32-33H2,1-2H3,(H,37,39)(H,40,41,42)/b19-18-,23-21+,31-29+. The lowest BCUT2D eigenvalue weighted by molar-refractivity contribution is -0.122. The molecule has 43 heavy (non-hydrogen) atoms. The Hall–Kier alpha value is -1.44. The van der Waals surface area contributed by atoms with Crippen LogP contribution in [-0.4, -0.2) is 41.9 Å². The van der Waals surface area contributed by atoms with Crippen LogP contribution in [0.5, 0.6) is 0 Å². The largest absolute Gasteiger partial charge is 0.387 e. The zero-order chi connectivity index (χ0) is 31.9. The normalized spacial score (nSPS) is 13.9. The molecule has 0 aromatic heterocycles. The molecule has 0 aliphatic heterocycles. The van der Waals surface area contributed by atoms with Gasteiger partial charge in [0.1, 0.15) is 0 Å². The fraction of sp³-hybridized carbons (Fsp3) is 0.806. The highest BCUT2D eigenvalue weighted by molar-refractivity contribution is 7.85. The number of aliphatic hydroxyl groups excluding tert-OH is 1. The average Bonchev–Trinajstić information content (AvgIpc) is 2.96. The van der Waals surface area contributed by atoms with Crippen molar-refractivity contribution in [1.82, 2.24) is 5.32 Å². The molecule has 0 bridgehead atoms. The van der Waals surface area contributed by atoms with Crippen LogP contribution in [0.15, 0.2) is 36.5 Å². The molecule has 0 spiro atoms. The van der Waals surface area contributed by atoms with E-state index in [1.807, 2.05) is 0 Å². The molecule has 0 saturated heterocycles. The van der Waals surface area contributed by atoms with E-state index in [0.29, 0.717) is 6.42 Å². The summed E-state index contributed by atoms with van der Waals surface area (Å²) in [7, 11) is -4.35. The maximum atomic E-state index is 12.4. The number of hydrogen-bond donors (Lipinski definition) is 3. The fourth-order valence-corrected chi connectivity index (χ4v) is 5.84. The third kappa shape index (κ3) is 31.8. The number of rotatable bonds is 31. The van der Waals surface area contributed by atoms with Gasteiger partial charge in [-0.15, -0.1) is 0 Å². The summed E-state index contributed by atoms with van der Waals surface area (Å²) in [6.07, 6.45) is 38.4. The van der Waals surface area contributed by atoms with Crippen molar-refractivity contribution in [2.45, 2.75) is 180 Å². The highest BCUT2D eigenvalue weighted by Gasteiger charge is 2.24. The molecule has 6 nitrogen and oxygen atoms in total. The van der Waals surface area contributed by atoms with Crippen LogP contribution in [0.3, 0.4) is 0 Å². The summed E-state index contributed by atoms with van der Waals surface area (Å²) in [5, 5.41) is 13.1. The van der Waals surface area contributed by atoms with Crippen LogP contribution in [0.1, 0.15) is 168 Å². The van der Waals surface area contributed by atoms with Crippen LogP contribution >= 0.6 is 0 Å². The first-order valence-electron chi connectivity index (χ1n) is 17.7. The topological polar surface area (TPSA) is 104 Å². The number of aliphatic hydroxyl groups is 1. The van der Waals surface area contributed by atoms with Crippen LogP contribution in [0, 0.1) is 0 Å². The van der Waals surface area contributed by atoms with Gasteiger partial charge in [-0.2, -0.15) is 8.42 Å². The Balaban J connectivity index is 4.06. The molecule has 0 aromatic carbocycles. The van der Waals surface area contributed by atoms with E-state index in [4.69, 9.17) is 0 Å². The van der Waals surface area contributed by atoms with E-state index >= 15 is 0 Å². The first kappa shape index (κ1) is 41.6. The van der Waals surface area contributed by atoms with E-state index in [0.717, 1.165) is 51.4 Å². The molecule has 0 heterocycles. The van der Waals surface area contributed by atoms with Crippen LogP contribution < -0.4 is 5.32 Å². The van der Waals surface area contributed by atoms with Gasteiger partial charge in [0, 0.05) is 6.42 Å².